The number of ether oxygens (including phenoxy) is 2. The van der Waals surface area contributed by atoms with Crippen molar-refractivity contribution in [2.75, 3.05) is 39.5 Å². The van der Waals surface area contributed by atoms with Crippen LogP contribution in [-0.4, -0.2) is 50.5 Å². The third-order valence-electron chi connectivity index (χ3n) is 4.77. The summed E-state index contributed by atoms with van der Waals surface area (Å²) in [4.78, 5) is 9.37. The fraction of sp³-hybridized carbons (Fsp3) is 0.545. The van der Waals surface area contributed by atoms with Gasteiger partial charge in [0.25, 0.3) is 0 Å². The van der Waals surface area contributed by atoms with Gasteiger partial charge in [-0.15, -0.1) is 35.3 Å². The van der Waals surface area contributed by atoms with Gasteiger partial charge in [0.2, 0.25) is 0 Å². The number of benzene rings is 1. The van der Waals surface area contributed by atoms with Crippen molar-refractivity contribution in [3.05, 3.63) is 41.4 Å². The van der Waals surface area contributed by atoms with Crippen LogP contribution in [0.3, 0.4) is 0 Å². The van der Waals surface area contributed by atoms with E-state index in [-0.39, 0.29) is 24.0 Å². The van der Waals surface area contributed by atoms with Gasteiger partial charge >= 0.3 is 0 Å². The first-order valence-corrected chi connectivity index (χ1v) is 11.4. The lowest BCUT2D eigenvalue weighted by Crippen LogP contribution is -2.38. The Kier molecular flexibility index (Phi) is 12.3. The SMILES string of the molecule is CCNC(=NCc1csc(-c2ccccc2)n1)NCCCOCC1CCOCC1.I. The van der Waals surface area contributed by atoms with Gasteiger partial charge in [0.05, 0.1) is 12.2 Å². The normalized spacial score (nSPS) is 14.9. The van der Waals surface area contributed by atoms with Gasteiger partial charge in [-0.2, -0.15) is 0 Å². The molecule has 0 radical (unpaired) electrons. The number of halogens is 1. The Balaban J connectivity index is 0.00000320. The van der Waals surface area contributed by atoms with Crippen molar-refractivity contribution >= 4 is 41.3 Å². The lowest BCUT2D eigenvalue weighted by Gasteiger charge is -2.21. The molecule has 8 heteroatoms. The summed E-state index contributed by atoms with van der Waals surface area (Å²) in [7, 11) is 0. The molecule has 30 heavy (non-hydrogen) atoms. The molecule has 0 amide bonds. The first kappa shape index (κ1) is 25.0. The predicted molar refractivity (Wildman–Crippen MR) is 135 cm³/mol. The van der Waals surface area contributed by atoms with Gasteiger partial charge in [-0.1, -0.05) is 30.3 Å². The Morgan fingerprint density at radius 1 is 1.23 bits per heavy atom. The monoisotopic (exact) mass is 544 g/mol. The quantitative estimate of drug-likeness (QED) is 0.202. The van der Waals surface area contributed by atoms with Gasteiger partial charge < -0.3 is 20.1 Å². The van der Waals surface area contributed by atoms with Crippen molar-refractivity contribution in [3.63, 3.8) is 0 Å². The van der Waals surface area contributed by atoms with E-state index in [0.29, 0.717) is 12.5 Å². The van der Waals surface area contributed by atoms with Crippen LogP contribution in [0.4, 0.5) is 0 Å². The molecule has 1 aromatic heterocycles. The van der Waals surface area contributed by atoms with Gasteiger partial charge in [-0.25, -0.2) is 9.98 Å². The van der Waals surface area contributed by atoms with E-state index in [1.807, 2.05) is 18.2 Å². The molecule has 1 aliphatic rings. The second-order valence-corrected chi connectivity index (χ2v) is 7.97. The van der Waals surface area contributed by atoms with E-state index in [1.165, 1.54) is 0 Å². The second-order valence-electron chi connectivity index (χ2n) is 7.12. The Hall–Kier alpha value is -1.23. The van der Waals surface area contributed by atoms with Crippen LogP contribution in [0.5, 0.6) is 0 Å². The molecule has 0 spiro atoms. The number of nitrogens with one attached hydrogen (secondary N) is 2. The summed E-state index contributed by atoms with van der Waals surface area (Å²) >= 11 is 1.66. The van der Waals surface area contributed by atoms with Crippen molar-refractivity contribution in [2.24, 2.45) is 10.9 Å². The summed E-state index contributed by atoms with van der Waals surface area (Å²) in [6.45, 7) is 7.70. The fourth-order valence-corrected chi connectivity index (χ4v) is 3.96. The molecule has 3 rings (SSSR count). The largest absolute Gasteiger partial charge is 0.381 e. The van der Waals surface area contributed by atoms with Gasteiger partial charge in [-0.05, 0) is 32.1 Å². The summed E-state index contributed by atoms with van der Waals surface area (Å²) in [5.41, 5.74) is 2.14. The smallest absolute Gasteiger partial charge is 0.191 e. The fourth-order valence-electron chi connectivity index (χ4n) is 3.14. The molecule has 1 aromatic carbocycles. The highest BCUT2D eigenvalue weighted by Gasteiger charge is 2.13. The topological polar surface area (TPSA) is 67.8 Å². The van der Waals surface area contributed by atoms with E-state index in [0.717, 1.165) is 81.0 Å². The molecule has 2 N–H and O–H groups in total. The van der Waals surface area contributed by atoms with E-state index in [2.05, 4.69) is 40.1 Å². The van der Waals surface area contributed by atoms with Crippen LogP contribution in [0.15, 0.2) is 40.7 Å². The number of hydrogen-bond donors (Lipinski definition) is 2. The van der Waals surface area contributed by atoms with Crippen molar-refractivity contribution in [2.45, 2.75) is 32.7 Å². The number of rotatable bonds is 10. The van der Waals surface area contributed by atoms with Gasteiger partial charge in [0, 0.05) is 50.5 Å². The molecule has 0 saturated carbocycles. The predicted octanol–water partition coefficient (Wildman–Crippen LogP) is 4.32. The number of aliphatic imine (C=N–C) groups is 1. The van der Waals surface area contributed by atoms with Crippen LogP contribution in [0.2, 0.25) is 0 Å². The van der Waals surface area contributed by atoms with Gasteiger partial charge in [0.1, 0.15) is 5.01 Å². The van der Waals surface area contributed by atoms with Crippen LogP contribution in [-0.2, 0) is 16.0 Å². The summed E-state index contributed by atoms with van der Waals surface area (Å²) in [6.07, 6.45) is 3.21. The molecular formula is C22H33IN4O2S. The third kappa shape index (κ3) is 8.87. The minimum absolute atomic E-state index is 0. The summed E-state index contributed by atoms with van der Waals surface area (Å²) in [5, 5.41) is 9.80. The molecule has 2 heterocycles. The van der Waals surface area contributed by atoms with E-state index in [9.17, 15) is 0 Å². The molecule has 0 unspecified atom stereocenters. The van der Waals surface area contributed by atoms with E-state index < -0.39 is 0 Å². The van der Waals surface area contributed by atoms with Crippen LogP contribution in [0.1, 0.15) is 31.9 Å². The highest BCUT2D eigenvalue weighted by Crippen LogP contribution is 2.23. The molecule has 6 nitrogen and oxygen atoms in total. The van der Waals surface area contributed by atoms with Crippen LogP contribution in [0, 0.1) is 5.92 Å². The van der Waals surface area contributed by atoms with Crippen LogP contribution in [0.25, 0.3) is 10.6 Å². The Morgan fingerprint density at radius 3 is 2.80 bits per heavy atom. The van der Waals surface area contributed by atoms with E-state index in [4.69, 9.17) is 14.5 Å². The first-order chi connectivity index (χ1) is 14.3. The molecule has 0 atom stereocenters. The minimum Gasteiger partial charge on any atom is -0.381 e. The van der Waals surface area contributed by atoms with Crippen LogP contribution >= 0.6 is 35.3 Å². The molecular weight excluding hydrogens is 511 g/mol. The first-order valence-electron chi connectivity index (χ1n) is 10.5. The number of thiazole rings is 1. The van der Waals surface area contributed by atoms with E-state index in [1.54, 1.807) is 11.3 Å². The minimum atomic E-state index is 0. The standard InChI is InChI=1S/C22H32N4O2S.HI/c1-2-23-22(24-11-6-12-28-16-18-9-13-27-14-10-18)25-15-20-17-29-21(26-20)19-7-4-3-5-8-19;/h3-5,7-8,17-18H,2,6,9-16H2,1H3,(H2,23,24,25);1H. The van der Waals surface area contributed by atoms with Crippen molar-refractivity contribution < 1.29 is 9.47 Å². The molecule has 0 bridgehead atoms. The van der Waals surface area contributed by atoms with Crippen molar-refractivity contribution in [1.29, 1.82) is 0 Å². The number of nitrogens with zero attached hydrogens (tertiary/aromatic N) is 2. The lowest BCUT2D eigenvalue weighted by molar-refractivity contribution is 0.0203. The molecule has 2 aromatic rings. The zero-order chi connectivity index (χ0) is 20.2. The maximum atomic E-state index is 5.82. The van der Waals surface area contributed by atoms with Crippen molar-refractivity contribution in [3.8, 4) is 10.6 Å². The third-order valence-corrected chi connectivity index (χ3v) is 5.71. The number of hydrogen-bond acceptors (Lipinski definition) is 5. The second kappa shape index (κ2) is 14.7. The van der Waals surface area contributed by atoms with E-state index >= 15 is 0 Å². The van der Waals surface area contributed by atoms with Gasteiger partial charge in [0.15, 0.2) is 5.96 Å². The molecule has 1 fully saturated rings. The Labute approximate surface area is 200 Å². The Morgan fingerprint density at radius 2 is 2.03 bits per heavy atom. The van der Waals surface area contributed by atoms with Crippen molar-refractivity contribution in [1.82, 2.24) is 15.6 Å². The van der Waals surface area contributed by atoms with Crippen LogP contribution < -0.4 is 10.6 Å². The molecule has 1 saturated heterocycles. The summed E-state index contributed by atoms with van der Waals surface area (Å²) in [5.74, 6) is 1.49. The summed E-state index contributed by atoms with van der Waals surface area (Å²) in [6, 6.07) is 10.3. The van der Waals surface area contributed by atoms with Gasteiger partial charge in [-0.3, -0.25) is 0 Å². The average Bonchev–Trinajstić information content (AvgIpc) is 3.25. The average molecular weight is 545 g/mol. The highest BCUT2D eigenvalue weighted by molar-refractivity contribution is 14.0. The zero-order valence-corrected chi connectivity index (χ0v) is 20.8. The molecule has 0 aliphatic carbocycles. The maximum Gasteiger partial charge on any atom is 0.191 e. The maximum absolute atomic E-state index is 5.82. The summed E-state index contributed by atoms with van der Waals surface area (Å²) < 4.78 is 11.2. The molecule has 1 aliphatic heterocycles. The zero-order valence-electron chi connectivity index (χ0n) is 17.6. The molecule has 166 valence electrons. The highest BCUT2D eigenvalue weighted by atomic mass is 127. The number of guanidine groups is 1. The Bertz CT molecular complexity index is 736. The number of aromatic nitrogens is 1. The lowest BCUT2D eigenvalue weighted by atomic mass is 10.0.